The van der Waals surface area contributed by atoms with Gasteiger partial charge in [-0.05, 0) is 17.9 Å². The Hall–Kier alpha value is -1.09. The van der Waals surface area contributed by atoms with Crippen molar-refractivity contribution in [2.45, 2.75) is 66.6 Å². The van der Waals surface area contributed by atoms with E-state index in [1.54, 1.807) is 0 Å². The van der Waals surface area contributed by atoms with E-state index in [1.807, 2.05) is 10.6 Å². The molecule has 3 heteroatoms. The van der Waals surface area contributed by atoms with Gasteiger partial charge >= 0.3 is 0 Å². The number of hydrogen-bond donors (Lipinski definition) is 1. The van der Waals surface area contributed by atoms with Crippen LogP contribution in [0.4, 0.5) is 0 Å². The molecule has 0 spiro atoms. The average Bonchev–Trinajstić information content (AvgIpc) is 2.29. The lowest BCUT2D eigenvalue weighted by Crippen LogP contribution is -2.32. The molecule has 0 aliphatic rings. The van der Waals surface area contributed by atoms with E-state index < -0.39 is 0 Å². The maximum Gasteiger partial charge on any atom is 0.255 e. The molecule has 0 saturated heterocycles. The second kappa shape index (κ2) is 6.90. The topological polar surface area (TPSA) is 34.0 Å². The van der Waals surface area contributed by atoms with Crippen molar-refractivity contribution in [3.63, 3.8) is 0 Å². The molecular formula is C16H28N2O. The van der Waals surface area contributed by atoms with E-state index in [0.29, 0.717) is 24.4 Å². The second-order valence-electron chi connectivity index (χ2n) is 6.28. The molecule has 0 unspecified atom stereocenters. The Morgan fingerprint density at radius 2 is 1.74 bits per heavy atom. The highest BCUT2D eigenvalue weighted by atomic mass is 16.1. The van der Waals surface area contributed by atoms with E-state index in [2.05, 4.69) is 52.9 Å². The van der Waals surface area contributed by atoms with Crippen LogP contribution in [0.5, 0.6) is 0 Å². The minimum absolute atomic E-state index is 0.160. The SMILES string of the molecule is CC(C)Cn1c(C(C)C)ccc(CNC(C)C)c1=O. The summed E-state index contributed by atoms with van der Waals surface area (Å²) in [5.41, 5.74) is 2.15. The quantitative estimate of drug-likeness (QED) is 0.856. The molecule has 0 aromatic carbocycles. The van der Waals surface area contributed by atoms with Crippen LogP contribution in [0.3, 0.4) is 0 Å². The summed E-state index contributed by atoms with van der Waals surface area (Å²) in [6.45, 7) is 14.2. The Bertz CT molecular complexity index is 458. The Morgan fingerprint density at radius 3 is 2.21 bits per heavy atom. The first kappa shape index (κ1) is 16.0. The van der Waals surface area contributed by atoms with Crippen LogP contribution in [0, 0.1) is 5.92 Å². The molecule has 0 fully saturated rings. The molecule has 1 rings (SSSR count). The molecule has 1 aromatic rings. The van der Waals surface area contributed by atoms with Gasteiger partial charge in [-0.3, -0.25) is 4.79 Å². The maximum absolute atomic E-state index is 12.6. The van der Waals surface area contributed by atoms with Crippen molar-refractivity contribution in [3.05, 3.63) is 33.7 Å². The van der Waals surface area contributed by atoms with Gasteiger partial charge in [-0.15, -0.1) is 0 Å². The highest BCUT2D eigenvalue weighted by molar-refractivity contribution is 5.18. The van der Waals surface area contributed by atoms with Gasteiger partial charge in [0, 0.05) is 30.4 Å². The molecule has 0 bridgehead atoms. The van der Waals surface area contributed by atoms with E-state index in [4.69, 9.17) is 0 Å². The van der Waals surface area contributed by atoms with Gasteiger partial charge in [0.15, 0.2) is 0 Å². The predicted molar refractivity (Wildman–Crippen MR) is 81.6 cm³/mol. The monoisotopic (exact) mass is 264 g/mol. The summed E-state index contributed by atoms with van der Waals surface area (Å²) >= 11 is 0. The van der Waals surface area contributed by atoms with Crippen LogP contribution in [0.2, 0.25) is 0 Å². The van der Waals surface area contributed by atoms with Crippen molar-refractivity contribution in [2.75, 3.05) is 0 Å². The first-order valence-corrected chi connectivity index (χ1v) is 7.29. The van der Waals surface area contributed by atoms with Crippen molar-refractivity contribution in [2.24, 2.45) is 5.92 Å². The van der Waals surface area contributed by atoms with Crippen molar-refractivity contribution >= 4 is 0 Å². The molecule has 0 aliphatic carbocycles. The molecule has 0 amide bonds. The van der Waals surface area contributed by atoms with E-state index in [-0.39, 0.29) is 5.56 Å². The van der Waals surface area contributed by atoms with Gasteiger partial charge in [-0.25, -0.2) is 0 Å². The second-order valence-corrected chi connectivity index (χ2v) is 6.28. The molecule has 0 saturated carbocycles. The third kappa shape index (κ3) is 4.50. The summed E-state index contributed by atoms with van der Waals surface area (Å²) in [5, 5.41) is 3.32. The first-order chi connectivity index (χ1) is 8.82. The summed E-state index contributed by atoms with van der Waals surface area (Å²) in [6.07, 6.45) is 0. The van der Waals surface area contributed by atoms with Gasteiger partial charge in [-0.1, -0.05) is 47.6 Å². The fourth-order valence-electron chi connectivity index (χ4n) is 2.14. The maximum atomic E-state index is 12.6. The number of aromatic nitrogens is 1. The lowest BCUT2D eigenvalue weighted by Gasteiger charge is -2.19. The zero-order valence-corrected chi connectivity index (χ0v) is 13.2. The van der Waals surface area contributed by atoms with Gasteiger partial charge in [0.2, 0.25) is 0 Å². The molecule has 0 aliphatic heterocycles. The van der Waals surface area contributed by atoms with Gasteiger partial charge in [-0.2, -0.15) is 0 Å². The van der Waals surface area contributed by atoms with Gasteiger partial charge < -0.3 is 9.88 Å². The highest BCUT2D eigenvalue weighted by Crippen LogP contribution is 2.14. The van der Waals surface area contributed by atoms with Crippen molar-refractivity contribution in [3.8, 4) is 0 Å². The molecule has 1 N–H and O–H groups in total. The van der Waals surface area contributed by atoms with Crippen LogP contribution in [-0.2, 0) is 13.1 Å². The normalized spacial score (nSPS) is 11.8. The van der Waals surface area contributed by atoms with Crippen LogP contribution in [0.15, 0.2) is 16.9 Å². The summed E-state index contributed by atoms with van der Waals surface area (Å²) in [4.78, 5) is 12.6. The fraction of sp³-hybridized carbons (Fsp3) is 0.688. The average molecular weight is 264 g/mol. The Labute approximate surface area is 117 Å². The van der Waals surface area contributed by atoms with E-state index in [1.165, 1.54) is 0 Å². The zero-order chi connectivity index (χ0) is 14.6. The molecule has 0 radical (unpaired) electrons. The molecule has 108 valence electrons. The van der Waals surface area contributed by atoms with Gasteiger partial charge in [0.1, 0.15) is 0 Å². The third-order valence-corrected chi connectivity index (χ3v) is 3.13. The molecule has 1 aromatic heterocycles. The largest absolute Gasteiger partial charge is 0.312 e. The molecular weight excluding hydrogens is 236 g/mol. The third-order valence-electron chi connectivity index (χ3n) is 3.13. The first-order valence-electron chi connectivity index (χ1n) is 7.29. The number of rotatable bonds is 6. The lowest BCUT2D eigenvalue weighted by molar-refractivity contribution is 0.481. The minimum Gasteiger partial charge on any atom is -0.312 e. The predicted octanol–water partition coefficient (Wildman–Crippen LogP) is 3.13. The summed E-state index contributed by atoms with van der Waals surface area (Å²) < 4.78 is 1.95. The molecule has 3 nitrogen and oxygen atoms in total. The summed E-state index contributed by atoms with van der Waals surface area (Å²) in [7, 11) is 0. The van der Waals surface area contributed by atoms with Crippen LogP contribution in [0.1, 0.15) is 58.7 Å². The Morgan fingerprint density at radius 1 is 1.11 bits per heavy atom. The standard InChI is InChI=1S/C16H28N2O/c1-11(2)10-18-15(12(3)4)8-7-14(16(18)19)9-17-13(5)6/h7-8,11-13,17H,9-10H2,1-6H3. The Balaban J connectivity index is 3.14. The number of nitrogens with one attached hydrogen (secondary N) is 1. The fourth-order valence-corrected chi connectivity index (χ4v) is 2.14. The number of nitrogens with zero attached hydrogens (tertiary/aromatic N) is 1. The summed E-state index contributed by atoms with van der Waals surface area (Å²) in [6, 6.07) is 4.47. The van der Waals surface area contributed by atoms with Crippen LogP contribution in [-0.4, -0.2) is 10.6 Å². The van der Waals surface area contributed by atoms with Crippen molar-refractivity contribution in [1.82, 2.24) is 9.88 Å². The Kier molecular flexibility index (Phi) is 5.80. The minimum atomic E-state index is 0.160. The van der Waals surface area contributed by atoms with Gasteiger partial charge in [0.05, 0.1) is 0 Å². The zero-order valence-electron chi connectivity index (χ0n) is 13.2. The van der Waals surface area contributed by atoms with E-state index in [9.17, 15) is 4.79 Å². The van der Waals surface area contributed by atoms with E-state index >= 15 is 0 Å². The van der Waals surface area contributed by atoms with Gasteiger partial charge in [0.25, 0.3) is 5.56 Å². The van der Waals surface area contributed by atoms with E-state index in [0.717, 1.165) is 17.8 Å². The van der Waals surface area contributed by atoms with Crippen molar-refractivity contribution in [1.29, 1.82) is 0 Å². The van der Waals surface area contributed by atoms with Crippen molar-refractivity contribution < 1.29 is 0 Å². The molecule has 0 atom stereocenters. The lowest BCUT2D eigenvalue weighted by atomic mass is 10.1. The van der Waals surface area contributed by atoms with Crippen LogP contribution >= 0.6 is 0 Å². The van der Waals surface area contributed by atoms with Crippen LogP contribution in [0.25, 0.3) is 0 Å². The molecule has 19 heavy (non-hydrogen) atoms. The number of pyridine rings is 1. The molecule has 1 heterocycles. The number of hydrogen-bond acceptors (Lipinski definition) is 2. The summed E-state index contributed by atoms with van der Waals surface area (Å²) in [5.74, 6) is 0.849. The van der Waals surface area contributed by atoms with Crippen LogP contribution < -0.4 is 10.9 Å². The smallest absolute Gasteiger partial charge is 0.255 e. The highest BCUT2D eigenvalue weighted by Gasteiger charge is 2.12.